The first-order chi connectivity index (χ1) is 6.58. The second kappa shape index (κ2) is 5.05. The number of hydrogen-bond donors (Lipinski definition) is 1. The molecule has 1 fully saturated rings. The van der Waals surface area contributed by atoms with Gasteiger partial charge >= 0.3 is 0 Å². The largest absolute Gasteiger partial charge is 0.393 e. The summed E-state index contributed by atoms with van der Waals surface area (Å²) < 4.78 is 11.1. The maximum absolute atomic E-state index is 5.53. The lowest BCUT2D eigenvalue weighted by atomic mass is 9.82. The van der Waals surface area contributed by atoms with Gasteiger partial charge in [-0.2, -0.15) is 0 Å². The Morgan fingerprint density at radius 1 is 1.50 bits per heavy atom. The van der Waals surface area contributed by atoms with E-state index in [1.165, 1.54) is 0 Å². The van der Waals surface area contributed by atoms with E-state index in [4.69, 9.17) is 27.4 Å². The molecule has 3 nitrogen and oxygen atoms in total. The van der Waals surface area contributed by atoms with Crippen LogP contribution in [0.15, 0.2) is 0 Å². The van der Waals surface area contributed by atoms with Crippen LogP contribution in [0, 0.1) is 5.41 Å². The number of thiocarbonyl (C=S) groups is 1. The van der Waals surface area contributed by atoms with E-state index >= 15 is 0 Å². The van der Waals surface area contributed by atoms with E-state index in [0.717, 1.165) is 19.3 Å². The van der Waals surface area contributed by atoms with Gasteiger partial charge in [-0.25, -0.2) is 0 Å². The van der Waals surface area contributed by atoms with Crippen molar-refractivity contribution in [2.24, 2.45) is 11.1 Å². The van der Waals surface area contributed by atoms with E-state index in [2.05, 4.69) is 13.8 Å². The standard InChI is InChI=1S/C10H19NO2S/c1-3-10(2,5-4-8(11)14)9-12-6-7-13-9/h9H,3-7H2,1-2H3,(H2,11,14)/t10-/m0/s1. The van der Waals surface area contributed by atoms with Crippen LogP contribution in [0.2, 0.25) is 0 Å². The molecular weight excluding hydrogens is 198 g/mol. The van der Waals surface area contributed by atoms with Crippen molar-refractivity contribution in [3.8, 4) is 0 Å². The Bertz CT molecular complexity index is 204. The van der Waals surface area contributed by atoms with Gasteiger partial charge in [-0.15, -0.1) is 0 Å². The van der Waals surface area contributed by atoms with Crippen LogP contribution in [0.5, 0.6) is 0 Å². The fourth-order valence-corrected chi connectivity index (χ4v) is 1.73. The molecule has 0 aromatic carbocycles. The zero-order valence-corrected chi connectivity index (χ0v) is 9.73. The molecule has 0 aliphatic carbocycles. The molecule has 1 saturated heterocycles. The smallest absolute Gasteiger partial charge is 0.163 e. The summed E-state index contributed by atoms with van der Waals surface area (Å²) in [6, 6.07) is 0. The van der Waals surface area contributed by atoms with Gasteiger partial charge in [-0.3, -0.25) is 0 Å². The van der Waals surface area contributed by atoms with Crippen molar-refractivity contribution in [3.63, 3.8) is 0 Å². The summed E-state index contributed by atoms with van der Waals surface area (Å²) >= 11 is 4.88. The molecule has 0 bridgehead atoms. The fourth-order valence-electron chi connectivity index (χ4n) is 1.63. The van der Waals surface area contributed by atoms with Crippen molar-refractivity contribution in [1.29, 1.82) is 0 Å². The third-order valence-electron chi connectivity index (χ3n) is 2.94. The molecule has 4 heteroatoms. The minimum Gasteiger partial charge on any atom is -0.393 e. The van der Waals surface area contributed by atoms with Crippen LogP contribution >= 0.6 is 12.2 Å². The highest BCUT2D eigenvalue weighted by molar-refractivity contribution is 7.80. The summed E-state index contributed by atoms with van der Waals surface area (Å²) in [6.07, 6.45) is 2.63. The van der Waals surface area contributed by atoms with E-state index in [-0.39, 0.29) is 11.7 Å². The van der Waals surface area contributed by atoms with Crippen molar-refractivity contribution in [3.05, 3.63) is 0 Å². The van der Waals surface area contributed by atoms with Crippen LogP contribution in [0.4, 0.5) is 0 Å². The van der Waals surface area contributed by atoms with Crippen molar-refractivity contribution < 1.29 is 9.47 Å². The molecule has 1 aliphatic rings. The summed E-state index contributed by atoms with van der Waals surface area (Å²) in [5.74, 6) is 0. The molecule has 0 unspecified atom stereocenters. The van der Waals surface area contributed by atoms with Crippen LogP contribution in [0.25, 0.3) is 0 Å². The third-order valence-corrected chi connectivity index (χ3v) is 3.15. The molecule has 0 amide bonds. The minimum atomic E-state index is -0.0816. The molecule has 0 spiro atoms. The second-order valence-corrected chi connectivity index (χ2v) is 4.57. The average molecular weight is 217 g/mol. The predicted molar refractivity (Wildman–Crippen MR) is 60.1 cm³/mol. The normalized spacial score (nSPS) is 22.1. The molecule has 2 N–H and O–H groups in total. The molecule has 1 rings (SSSR count). The first-order valence-electron chi connectivity index (χ1n) is 5.10. The second-order valence-electron chi connectivity index (χ2n) is 4.05. The molecule has 0 aromatic rings. The molecule has 1 aliphatic heterocycles. The molecule has 1 heterocycles. The van der Waals surface area contributed by atoms with Crippen molar-refractivity contribution in [2.75, 3.05) is 13.2 Å². The van der Waals surface area contributed by atoms with Gasteiger partial charge < -0.3 is 15.2 Å². The van der Waals surface area contributed by atoms with E-state index < -0.39 is 0 Å². The summed E-state index contributed by atoms with van der Waals surface area (Å²) in [4.78, 5) is 0.572. The van der Waals surface area contributed by atoms with Gasteiger partial charge in [-0.1, -0.05) is 26.1 Å². The number of nitrogens with two attached hydrogens (primary N) is 1. The zero-order valence-electron chi connectivity index (χ0n) is 8.91. The van der Waals surface area contributed by atoms with Crippen molar-refractivity contribution >= 4 is 17.2 Å². The Hall–Kier alpha value is -0.190. The van der Waals surface area contributed by atoms with Gasteiger partial charge in [0.15, 0.2) is 6.29 Å². The van der Waals surface area contributed by atoms with Gasteiger partial charge in [0, 0.05) is 5.41 Å². The Morgan fingerprint density at radius 2 is 2.07 bits per heavy atom. The minimum absolute atomic E-state index is 0.0416. The molecule has 1 atom stereocenters. The number of hydrogen-bond acceptors (Lipinski definition) is 3. The van der Waals surface area contributed by atoms with Gasteiger partial charge in [0.1, 0.15) is 0 Å². The summed E-state index contributed by atoms with van der Waals surface area (Å²) in [5.41, 5.74) is 5.54. The monoisotopic (exact) mass is 217 g/mol. The van der Waals surface area contributed by atoms with Gasteiger partial charge in [0.05, 0.1) is 18.2 Å². The third kappa shape index (κ3) is 2.90. The zero-order chi connectivity index (χ0) is 10.6. The quantitative estimate of drug-likeness (QED) is 0.714. The Morgan fingerprint density at radius 3 is 2.50 bits per heavy atom. The highest BCUT2D eigenvalue weighted by atomic mass is 32.1. The summed E-state index contributed by atoms with van der Waals surface area (Å²) in [6.45, 7) is 5.71. The van der Waals surface area contributed by atoms with Gasteiger partial charge in [-0.05, 0) is 19.3 Å². The molecule has 0 saturated carbocycles. The van der Waals surface area contributed by atoms with Crippen LogP contribution < -0.4 is 5.73 Å². The SMILES string of the molecule is CC[C@@](C)(CCC(N)=S)C1OCCO1. The van der Waals surface area contributed by atoms with E-state index in [1.807, 2.05) is 0 Å². The maximum atomic E-state index is 5.53. The Kier molecular flexibility index (Phi) is 4.29. The maximum Gasteiger partial charge on any atom is 0.163 e. The first-order valence-corrected chi connectivity index (χ1v) is 5.51. The lowest BCUT2D eigenvalue weighted by Crippen LogP contribution is -2.33. The first kappa shape index (κ1) is 11.9. The highest BCUT2D eigenvalue weighted by Crippen LogP contribution is 2.35. The fraction of sp³-hybridized carbons (Fsp3) is 0.900. The van der Waals surface area contributed by atoms with Crippen molar-refractivity contribution in [2.45, 2.75) is 39.4 Å². The lowest BCUT2D eigenvalue weighted by molar-refractivity contribution is -0.130. The molecule has 14 heavy (non-hydrogen) atoms. The topological polar surface area (TPSA) is 44.5 Å². The Balaban J connectivity index is 2.50. The number of ether oxygens (including phenoxy) is 2. The van der Waals surface area contributed by atoms with Gasteiger partial charge in [0.2, 0.25) is 0 Å². The Labute approximate surface area is 90.9 Å². The van der Waals surface area contributed by atoms with Gasteiger partial charge in [0.25, 0.3) is 0 Å². The average Bonchev–Trinajstić information content (AvgIpc) is 2.67. The molecule has 82 valence electrons. The highest BCUT2D eigenvalue weighted by Gasteiger charge is 2.36. The summed E-state index contributed by atoms with van der Waals surface area (Å²) in [5, 5.41) is 0. The van der Waals surface area contributed by atoms with Crippen LogP contribution in [0.1, 0.15) is 33.1 Å². The van der Waals surface area contributed by atoms with Crippen molar-refractivity contribution in [1.82, 2.24) is 0 Å². The molecule has 0 radical (unpaired) electrons. The van der Waals surface area contributed by atoms with E-state index in [0.29, 0.717) is 18.2 Å². The van der Waals surface area contributed by atoms with Crippen LogP contribution in [-0.2, 0) is 9.47 Å². The molecular formula is C10H19NO2S. The van der Waals surface area contributed by atoms with Crippen LogP contribution in [0.3, 0.4) is 0 Å². The van der Waals surface area contributed by atoms with Crippen LogP contribution in [-0.4, -0.2) is 24.5 Å². The summed E-state index contributed by atoms with van der Waals surface area (Å²) in [7, 11) is 0. The molecule has 0 aromatic heterocycles. The number of rotatable bonds is 5. The lowest BCUT2D eigenvalue weighted by Gasteiger charge is -2.32. The predicted octanol–water partition coefficient (Wildman–Crippen LogP) is 1.84. The van der Waals surface area contributed by atoms with E-state index in [9.17, 15) is 0 Å². The van der Waals surface area contributed by atoms with E-state index in [1.54, 1.807) is 0 Å².